The van der Waals surface area contributed by atoms with Gasteiger partial charge in [-0.25, -0.2) is 0 Å². The third-order valence-electron chi connectivity index (χ3n) is 2.70. The van der Waals surface area contributed by atoms with Crippen LogP contribution >= 0.6 is 11.6 Å². The fraction of sp³-hybridized carbons (Fsp3) is 0.700. The maximum Gasteiger partial charge on any atom is 0.246 e. The minimum atomic E-state index is 0.135. The highest BCUT2D eigenvalue weighted by molar-refractivity contribution is 6.28. The Balaban J connectivity index is 1.81. The summed E-state index contributed by atoms with van der Waals surface area (Å²) in [6.45, 7) is 0.717. The summed E-state index contributed by atoms with van der Waals surface area (Å²) in [4.78, 5) is 3.93. The highest BCUT2D eigenvalue weighted by Crippen LogP contribution is 2.24. The van der Waals surface area contributed by atoms with Gasteiger partial charge in [0.2, 0.25) is 11.2 Å². The summed E-state index contributed by atoms with van der Waals surface area (Å²) >= 11 is 5.60. The van der Waals surface area contributed by atoms with E-state index in [2.05, 4.69) is 15.2 Å². The summed E-state index contributed by atoms with van der Waals surface area (Å²) in [7, 11) is 0. The van der Waals surface area contributed by atoms with Crippen LogP contribution in [0, 0.1) is 5.92 Å². The molecule has 82 valence electrons. The Morgan fingerprint density at radius 3 is 2.87 bits per heavy atom. The van der Waals surface area contributed by atoms with E-state index in [0.29, 0.717) is 11.8 Å². The molecule has 0 saturated heterocycles. The maximum absolute atomic E-state index is 5.60. The van der Waals surface area contributed by atoms with Crippen LogP contribution in [0.2, 0.25) is 5.28 Å². The van der Waals surface area contributed by atoms with E-state index in [4.69, 9.17) is 16.3 Å². The molecule has 1 fully saturated rings. The van der Waals surface area contributed by atoms with Gasteiger partial charge in [-0.1, -0.05) is 19.3 Å². The molecule has 0 aromatic carbocycles. The first-order valence-corrected chi connectivity index (χ1v) is 5.70. The van der Waals surface area contributed by atoms with Crippen molar-refractivity contribution in [2.45, 2.75) is 32.1 Å². The van der Waals surface area contributed by atoms with Crippen LogP contribution in [0.25, 0.3) is 0 Å². The fourth-order valence-corrected chi connectivity index (χ4v) is 2.02. The lowest BCUT2D eigenvalue weighted by atomic mass is 9.90. The Kier molecular flexibility index (Phi) is 3.72. The predicted octanol–water partition coefficient (Wildman–Crippen LogP) is 2.48. The van der Waals surface area contributed by atoms with Crippen molar-refractivity contribution in [2.24, 2.45) is 5.92 Å². The molecule has 0 spiro atoms. The van der Waals surface area contributed by atoms with Gasteiger partial charge >= 0.3 is 0 Å². The van der Waals surface area contributed by atoms with Gasteiger partial charge in [-0.3, -0.25) is 0 Å². The van der Waals surface area contributed by atoms with Crippen LogP contribution < -0.4 is 4.74 Å². The molecule has 0 unspecified atom stereocenters. The van der Waals surface area contributed by atoms with Gasteiger partial charge in [0, 0.05) is 0 Å². The molecule has 0 bridgehead atoms. The van der Waals surface area contributed by atoms with Gasteiger partial charge in [-0.15, -0.1) is 5.10 Å². The molecule has 1 aliphatic carbocycles. The van der Waals surface area contributed by atoms with Crippen LogP contribution in [0.15, 0.2) is 6.20 Å². The number of rotatable bonds is 3. The molecule has 15 heavy (non-hydrogen) atoms. The molecule has 1 aromatic rings. The second-order valence-electron chi connectivity index (χ2n) is 3.88. The van der Waals surface area contributed by atoms with Crippen molar-refractivity contribution in [2.75, 3.05) is 6.61 Å². The molecule has 2 rings (SSSR count). The topological polar surface area (TPSA) is 47.9 Å². The fourth-order valence-electron chi connectivity index (χ4n) is 1.89. The van der Waals surface area contributed by atoms with Crippen molar-refractivity contribution in [3.63, 3.8) is 0 Å². The van der Waals surface area contributed by atoms with Gasteiger partial charge in [-0.05, 0) is 30.4 Å². The van der Waals surface area contributed by atoms with Crippen LogP contribution in [-0.2, 0) is 0 Å². The van der Waals surface area contributed by atoms with E-state index >= 15 is 0 Å². The number of hydrogen-bond donors (Lipinski definition) is 0. The predicted molar refractivity (Wildman–Crippen MR) is 56.9 cm³/mol. The molecule has 0 amide bonds. The second kappa shape index (κ2) is 5.26. The quantitative estimate of drug-likeness (QED) is 0.796. The van der Waals surface area contributed by atoms with E-state index in [1.54, 1.807) is 0 Å². The molecule has 1 saturated carbocycles. The molecule has 1 aromatic heterocycles. The first-order chi connectivity index (χ1) is 7.34. The SMILES string of the molecule is Clc1nncc(OCC2CCCCC2)n1. The molecule has 1 heterocycles. The highest BCUT2D eigenvalue weighted by Gasteiger charge is 2.14. The summed E-state index contributed by atoms with van der Waals surface area (Å²) in [5.74, 6) is 1.13. The van der Waals surface area contributed by atoms with E-state index < -0.39 is 0 Å². The van der Waals surface area contributed by atoms with Crippen molar-refractivity contribution in [1.82, 2.24) is 15.2 Å². The van der Waals surface area contributed by atoms with E-state index in [0.717, 1.165) is 6.61 Å². The van der Waals surface area contributed by atoms with Crippen molar-refractivity contribution in [1.29, 1.82) is 0 Å². The van der Waals surface area contributed by atoms with Gasteiger partial charge in [0.05, 0.1) is 6.61 Å². The lowest BCUT2D eigenvalue weighted by Crippen LogP contribution is -2.15. The molecule has 0 radical (unpaired) electrons. The molecule has 0 aliphatic heterocycles. The standard InChI is InChI=1S/C10H14ClN3O/c11-10-13-9(6-12-14-10)15-7-8-4-2-1-3-5-8/h6,8H,1-5,7H2. The molecule has 0 atom stereocenters. The smallest absolute Gasteiger partial charge is 0.246 e. The molecule has 1 aliphatic rings. The van der Waals surface area contributed by atoms with Crippen molar-refractivity contribution < 1.29 is 4.74 Å². The Hall–Kier alpha value is -0.900. The Morgan fingerprint density at radius 1 is 1.33 bits per heavy atom. The van der Waals surface area contributed by atoms with Crippen LogP contribution in [0.4, 0.5) is 0 Å². The average molecular weight is 228 g/mol. The van der Waals surface area contributed by atoms with Crippen LogP contribution in [-0.4, -0.2) is 21.8 Å². The monoisotopic (exact) mass is 227 g/mol. The number of nitrogens with zero attached hydrogens (tertiary/aromatic N) is 3. The first kappa shape index (κ1) is 10.6. The zero-order chi connectivity index (χ0) is 10.5. The zero-order valence-corrected chi connectivity index (χ0v) is 9.28. The van der Waals surface area contributed by atoms with E-state index in [-0.39, 0.29) is 5.28 Å². The van der Waals surface area contributed by atoms with Crippen LogP contribution in [0.5, 0.6) is 5.88 Å². The zero-order valence-electron chi connectivity index (χ0n) is 8.53. The summed E-state index contributed by atoms with van der Waals surface area (Å²) < 4.78 is 5.53. The first-order valence-electron chi connectivity index (χ1n) is 5.32. The van der Waals surface area contributed by atoms with Crippen molar-refractivity contribution >= 4 is 11.6 Å². The van der Waals surface area contributed by atoms with Crippen LogP contribution in [0.3, 0.4) is 0 Å². The molecule has 4 nitrogen and oxygen atoms in total. The molecular weight excluding hydrogens is 214 g/mol. The lowest BCUT2D eigenvalue weighted by Gasteiger charge is -2.21. The maximum atomic E-state index is 5.60. The normalized spacial score (nSPS) is 17.7. The van der Waals surface area contributed by atoms with E-state index in [1.165, 1.54) is 38.3 Å². The Labute approximate surface area is 94.0 Å². The molecular formula is C10H14ClN3O. The molecule has 0 N–H and O–H groups in total. The summed E-state index contributed by atoms with van der Waals surface area (Å²) in [5, 5.41) is 7.37. The Morgan fingerprint density at radius 2 is 2.13 bits per heavy atom. The number of ether oxygens (including phenoxy) is 1. The molecule has 5 heteroatoms. The van der Waals surface area contributed by atoms with Gasteiger partial charge < -0.3 is 4.74 Å². The van der Waals surface area contributed by atoms with Gasteiger partial charge in [0.25, 0.3) is 0 Å². The van der Waals surface area contributed by atoms with E-state index in [9.17, 15) is 0 Å². The summed E-state index contributed by atoms with van der Waals surface area (Å²) in [5.41, 5.74) is 0. The number of aromatic nitrogens is 3. The minimum Gasteiger partial charge on any atom is -0.476 e. The largest absolute Gasteiger partial charge is 0.476 e. The van der Waals surface area contributed by atoms with Crippen molar-refractivity contribution in [3.05, 3.63) is 11.5 Å². The second-order valence-corrected chi connectivity index (χ2v) is 4.22. The van der Waals surface area contributed by atoms with E-state index in [1.807, 2.05) is 0 Å². The van der Waals surface area contributed by atoms with Crippen molar-refractivity contribution in [3.8, 4) is 5.88 Å². The van der Waals surface area contributed by atoms with Gasteiger partial charge in [0.15, 0.2) is 0 Å². The van der Waals surface area contributed by atoms with Gasteiger partial charge in [-0.2, -0.15) is 10.1 Å². The average Bonchev–Trinajstić information content (AvgIpc) is 2.28. The number of hydrogen-bond acceptors (Lipinski definition) is 4. The van der Waals surface area contributed by atoms with Crippen LogP contribution in [0.1, 0.15) is 32.1 Å². The third-order valence-corrected chi connectivity index (χ3v) is 2.86. The van der Waals surface area contributed by atoms with Gasteiger partial charge in [0.1, 0.15) is 6.20 Å². The summed E-state index contributed by atoms with van der Waals surface area (Å²) in [6, 6.07) is 0. The Bertz CT molecular complexity index is 315. The highest BCUT2D eigenvalue weighted by atomic mass is 35.5. The minimum absolute atomic E-state index is 0.135. The number of halogens is 1. The third kappa shape index (κ3) is 3.30. The lowest BCUT2D eigenvalue weighted by molar-refractivity contribution is 0.202. The summed E-state index contributed by atoms with van der Waals surface area (Å²) in [6.07, 6.45) is 8.00.